The third kappa shape index (κ3) is 39.4. The number of phosphoric ester groups is 1. The molecule has 9 heteroatoms. The Bertz CT molecular complexity index is 1270. The summed E-state index contributed by atoms with van der Waals surface area (Å²) in [6.45, 7) is 4.35. The predicted molar refractivity (Wildman–Crippen MR) is 237 cm³/mol. The molecule has 0 heterocycles. The van der Waals surface area contributed by atoms with Gasteiger partial charge in [0.1, 0.15) is 13.2 Å². The van der Waals surface area contributed by atoms with Gasteiger partial charge in [-0.25, -0.2) is 0 Å². The van der Waals surface area contributed by atoms with Gasteiger partial charge < -0.3 is 28.8 Å². The lowest BCUT2D eigenvalue weighted by atomic mass is 10.1. The first kappa shape index (κ1) is 53.2. The molecular weight excluding hydrogens is 719 g/mol. The molecule has 2 N–H and O–H groups in total. The number of nitrogens with one attached hydrogen (secondary N) is 1. The van der Waals surface area contributed by atoms with Crippen molar-refractivity contribution in [3.05, 3.63) is 109 Å². The van der Waals surface area contributed by atoms with Crippen LogP contribution in [0.1, 0.15) is 129 Å². The second-order valence-electron chi connectivity index (χ2n) is 15.0. The van der Waals surface area contributed by atoms with E-state index in [0.717, 1.165) is 109 Å². The second kappa shape index (κ2) is 37.7. The maximum atomic E-state index is 12.7. The third-order valence-corrected chi connectivity index (χ3v) is 9.45. The summed E-state index contributed by atoms with van der Waals surface area (Å²) in [4.78, 5) is 25.0. The Morgan fingerprint density at radius 2 is 1.09 bits per heavy atom. The molecule has 0 aliphatic heterocycles. The average molecular weight is 799 g/mol. The normalized spacial score (nSPS) is 15.5. The summed E-state index contributed by atoms with van der Waals surface area (Å²) in [7, 11) is 1.21. The van der Waals surface area contributed by atoms with Crippen LogP contribution in [0.2, 0.25) is 0 Å². The van der Waals surface area contributed by atoms with E-state index < -0.39 is 26.6 Å². The number of amides is 1. The maximum Gasteiger partial charge on any atom is 0.268 e. The second-order valence-corrected chi connectivity index (χ2v) is 16.4. The predicted octanol–water partition coefficient (Wildman–Crippen LogP) is 11.1. The number of likely N-dealkylation sites (N-methyl/N-ethyl adjacent to an activating group) is 1. The minimum atomic E-state index is -4.59. The van der Waals surface area contributed by atoms with Gasteiger partial charge in [0, 0.05) is 6.42 Å². The molecule has 0 aromatic heterocycles. The van der Waals surface area contributed by atoms with Gasteiger partial charge in [-0.2, -0.15) is 0 Å². The first-order chi connectivity index (χ1) is 27.0. The van der Waals surface area contributed by atoms with Crippen molar-refractivity contribution in [1.82, 2.24) is 5.32 Å². The average Bonchev–Trinajstić information content (AvgIpc) is 3.15. The van der Waals surface area contributed by atoms with Gasteiger partial charge in [0.2, 0.25) is 5.91 Å². The molecule has 0 saturated heterocycles. The van der Waals surface area contributed by atoms with E-state index in [9.17, 15) is 19.4 Å². The standard InChI is InChI=1S/C47H79N2O6P/c1-6-8-10-12-13-14-15-16-17-18-19-20-21-22-23-24-25-26-27-28-29-30-31-32-33-34-35-37-39-41-47(51)48-45(46(50)40-38-36-11-9-7-2)44-55-56(52,53)54-43-42-49(3,4)5/h8,10,13-14,16-17,19-20,22-23,25-26,28-29,31-32,38,40,45-46,50H,6-7,9,11-12,15,18,21,24,27,30,33-37,39,41-44H2,1-5H3,(H-,48,51,52,53)/b10-8-,14-13-,17-16-,20-19-,23-22-,26-25-,29-28-,32-31-,40-38+. The van der Waals surface area contributed by atoms with Crippen molar-refractivity contribution in [1.29, 1.82) is 0 Å². The Balaban J connectivity index is 4.19. The summed E-state index contributed by atoms with van der Waals surface area (Å²) in [5, 5.41) is 13.5. The number of nitrogens with zero attached hydrogens (tertiary/aromatic N) is 1. The molecular formula is C47H79N2O6P. The topological polar surface area (TPSA) is 108 Å². The maximum absolute atomic E-state index is 12.7. The smallest absolute Gasteiger partial charge is 0.268 e. The number of hydrogen-bond acceptors (Lipinski definition) is 6. The molecule has 318 valence electrons. The van der Waals surface area contributed by atoms with Gasteiger partial charge in [-0.05, 0) is 83.5 Å². The Morgan fingerprint density at radius 1 is 0.643 bits per heavy atom. The van der Waals surface area contributed by atoms with Crippen LogP contribution in [0.15, 0.2) is 109 Å². The summed E-state index contributed by atoms with van der Waals surface area (Å²) in [5.41, 5.74) is 0. The molecule has 0 radical (unpaired) electrons. The molecule has 8 nitrogen and oxygen atoms in total. The highest BCUT2D eigenvalue weighted by molar-refractivity contribution is 7.45. The molecule has 0 spiro atoms. The van der Waals surface area contributed by atoms with Crippen LogP contribution < -0.4 is 10.2 Å². The molecule has 0 saturated carbocycles. The van der Waals surface area contributed by atoms with Gasteiger partial charge in [-0.1, -0.05) is 149 Å². The van der Waals surface area contributed by atoms with E-state index in [2.05, 4.69) is 116 Å². The molecule has 0 rings (SSSR count). The number of aliphatic hydroxyl groups excluding tert-OH is 1. The van der Waals surface area contributed by atoms with Gasteiger partial charge in [0.15, 0.2) is 0 Å². The fraction of sp³-hybridized carbons (Fsp3) is 0.596. The molecule has 0 aliphatic rings. The van der Waals surface area contributed by atoms with Crippen LogP contribution in [0.3, 0.4) is 0 Å². The molecule has 0 aromatic rings. The van der Waals surface area contributed by atoms with Crippen molar-refractivity contribution in [2.45, 2.75) is 142 Å². The lowest BCUT2D eigenvalue weighted by molar-refractivity contribution is -0.870. The first-order valence-corrected chi connectivity index (χ1v) is 22.7. The highest BCUT2D eigenvalue weighted by atomic mass is 31.2. The van der Waals surface area contributed by atoms with E-state index in [1.807, 2.05) is 27.2 Å². The summed E-state index contributed by atoms with van der Waals surface area (Å²) in [5.74, 6) is -0.237. The van der Waals surface area contributed by atoms with E-state index in [0.29, 0.717) is 17.4 Å². The number of allylic oxidation sites excluding steroid dienone is 17. The van der Waals surface area contributed by atoms with Crippen molar-refractivity contribution < 1.29 is 32.9 Å². The molecule has 3 atom stereocenters. The van der Waals surface area contributed by atoms with E-state index in [1.54, 1.807) is 6.08 Å². The van der Waals surface area contributed by atoms with Crippen molar-refractivity contribution in [2.24, 2.45) is 0 Å². The summed E-state index contributed by atoms with van der Waals surface area (Å²) < 4.78 is 22.9. The lowest BCUT2D eigenvalue weighted by Gasteiger charge is -2.29. The van der Waals surface area contributed by atoms with Crippen molar-refractivity contribution in [2.75, 3.05) is 40.9 Å². The van der Waals surface area contributed by atoms with Crippen molar-refractivity contribution in [3.63, 3.8) is 0 Å². The van der Waals surface area contributed by atoms with Crippen molar-refractivity contribution in [3.8, 4) is 0 Å². The Hall–Kier alpha value is -2.84. The zero-order valence-electron chi connectivity index (χ0n) is 35.8. The monoisotopic (exact) mass is 799 g/mol. The van der Waals surface area contributed by atoms with E-state index in [4.69, 9.17) is 9.05 Å². The number of carbonyl (C=O) groups is 1. The van der Waals surface area contributed by atoms with Crippen LogP contribution in [0.25, 0.3) is 0 Å². The number of aliphatic hydroxyl groups is 1. The van der Waals surface area contributed by atoms with Crippen LogP contribution in [0, 0.1) is 0 Å². The van der Waals surface area contributed by atoms with E-state index >= 15 is 0 Å². The van der Waals surface area contributed by atoms with Crippen molar-refractivity contribution >= 4 is 13.7 Å². The summed E-state index contributed by atoms with van der Waals surface area (Å²) in [6, 6.07) is -0.904. The summed E-state index contributed by atoms with van der Waals surface area (Å²) >= 11 is 0. The minimum absolute atomic E-state index is 0.0141. The van der Waals surface area contributed by atoms with Gasteiger partial charge in [-0.15, -0.1) is 0 Å². The highest BCUT2D eigenvalue weighted by Crippen LogP contribution is 2.38. The Morgan fingerprint density at radius 3 is 1.57 bits per heavy atom. The zero-order chi connectivity index (χ0) is 41.4. The first-order valence-electron chi connectivity index (χ1n) is 21.2. The Kier molecular flexibility index (Phi) is 35.8. The largest absolute Gasteiger partial charge is 0.756 e. The highest BCUT2D eigenvalue weighted by Gasteiger charge is 2.23. The number of hydrogen-bond donors (Lipinski definition) is 2. The minimum Gasteiger partial charge on any atom is -0.756 e. The Labute approximate surface area is 342 Å². The number of rotatable bonds is 36. The van der Waals surface area contributed by atoms with Crippen LogP contribution in [0.5, 0.6) is 0 Å². The van der Waals surface area contributed by atoms with Crippen LogP contribution in [0.4, 0.5) is 0 Å². The van der Waals surface area contributed by atoms with Crippen LogP contribution in [-0.2, 0) is 18.4 Å². The lowest BCUT2D eigenvalue weighted by Crippen LogP contribution is -2.45. The number of unbranched alkanes of at least 4 members (excludes halogenated alkanes) is 7. The molecule has 3 unspecified atom stereocenters. The molecule has 0 bridgehead atoms. The van der Waals surface area contributed by atoms with E-state index in [1.165, 1.54) is 0 Å². The third-order valence-electron chi connectivity index (χ3n) is 8.49. The number of carbonyl (C=O) groups excluding carboxylic acids is 1. The van der Waals surface area contributed by atoms with Crippen LogP contribution >= 0.6 is 7.82 Å². The molecule has 0 aromatic carbocycles. The van der Waals surface area contributed by atoms with E-state index in [-0.39, 0.29) is 12.5 Å². The SMILES string of the molecule is CC/C=C\C/C=C\C/C=C\C/C=C\C/C=C\C/C=C\C/C=C\C/C=C\CCCCCCC(=O)NC(COP(=O)([O-])OCC[N+](C)(C)C)C(O)/C=C/CCCCC. The fourth-order valence-corrected chi connectivity index (χ4v) is 5.83. The zero-order valence-corrected chi connectivity index (χ0v) is 36.7. The molecule has 1 amide bonds. The molecule has 0 aliphatic carbocycles. The van der Waals surface area contributed by atoms with Crippen LogP contribution in [-0.4, -0.2) is 68.5 Å². The van der Waals surface area contributed by atoms with Gasteiger partial charge in [0.05, 0.1) is 39.9 Å². The van der Waals surface area contributed by atoms with Gasteiger partial charge in [0.25, 0.3) is 7.82 Å². The molecule has 56 heavy (non-hydrogen) atoms. The van der Waals surface area contributed by atoms with Gasteiger partial charge >= 0.3 is 0 Å². The number of quaternary nitrogens is 1. The summed E-state index contributed by atoms with van der Waals surface area (Å²) in [6.07, 6.45) is 54.7. The number of phosphoric acid groups is 1. The van der Waals surface area contributed by atoms with Gasteiger partial charge in [-0.3, -0.25) is 9.36 Å². The quantitative estimate of drug-likeness (QED) is 0.0283. The fourth-order valence-electron chi connectivity index (χ4n) is 5.10. The molecule has 0 fully saturated rings.